The number of hydrazine groups is 1. The van der Waals surface area contributed by atoms with Gasteiger partial charge >= 0.3 is 0 Å². The van der Waals surface area contributed by atoms with Gasteiger partial charge in [0, 0.05) is 18.4 Å². The minimum atomic E-state index is -2.82. The monoisotopic (exact) mass is 280 g/mol. The Morgan fingerprint density at radius 3 is 2.42 bits per heavy atom. The zero-order valence-corrected chi connectivity index (χ0v) is 9.90. The Morgan fingerprint density at radius 2 is 1.89 bits per heavy atom. The number of nitrogens with two attached hydrogens (primary N) is 1. The third-order valence-electron chi connectivity index (χ3n) is 3.49. The van der Waals surface area contributed by atoms with Crippen LogP contribution in [0.2, 0.25) is 0 Å². The van der Waals surface area contributed by atoms with Crippen molar-refractivity contribution in [2.75, 3.05) is 0 Å². The van der Waals surface area contributed by atoms with E-state index in [1.165, 1.54) is 0 Å². The van der Waals surface area contributed by atoms with E-state index in [-0.39, 0.29) is 18.4 Å². The Hall–Kier alpha value is -1.21. The number of hydrogen-bond donors (Lipinski definition) is 2. The first-order chi connectivity index (χ1) is 8.85. The molecule has 0 saturated heterocycles. The number of benzene rings is 1. The maximum atomic E-state index is 13.6. The van der Waals surface area contributed by atoms with Crippen LogP contribution in [0.1, 0.15) is 30.9 Å². The number of nitrogens with one attached hydrogen (secondary N) is 1. The highest BCUT2D eigenvalue weighted by Crippen LogP contribution is 2.44. The van der Waals surface area contributed by atoms with Crippen molar-refractivity contribution >= 4 is 0 Å². The van der Waals surface area contributed by atoms with E-state index < -0.39 is 41.8 Å². The normalized spacial score (nSPS) is 23.6. The van der Waals surface area contributed by atoms with Crippen LogP contribution in [0.15, 0.2) is 12.1 Å². The molecule has 0 radical (unpaired) electrons. The van der Waals surface area contributed by atoms with Gasteiger partial charge in [-0.05, 0) is 18.4 Å². The first-order valence-electron chi connectivity index (χ1n) is 5.83. The van der Waals surface area contributed by atoms with Crippen LogP contribution in [0.25, 0.3) is 0 Å². The standard InChI is InChI=1S/C12H13F5N2/c13-8-2-1-7(9(14)10(8)15)11(19-18)6-3-4-12(16,17)5-6/h1-2,6,11,19H,3-5,18H2. The SMILES string of the molecule is NNC(c1ccc(F)c(F)c1F)C1CCC(F)(F)C1. The highest BCUT2D eigenvalue weighted by Gasteiger charge is 2.43. The molecule has 2 unspecified atom stereocenters. The number of rotatable bonds is 3. The minimum Gasteiger partial charge on any atom is -0.271 e. The molecule has 19 heavy (non-hydrogen) atoms. The molecule has 0 amide bonds. The highest BCUT2D eigenvalue weighted by atomic mass is 19.3. The summed E-state index contributed by atoms with van der Waals surface area (Å²) in [6.45, 7) is 0. The molecule has 0 bridgehead atoms. The van der Waals surface area contributed by atoms with Crippen LogP contribution in [-0.2, 0) is 0 Å². The van der Waals surface area contributed by atoms with Gasteiger partial charge in [-0.15, -0.1) is 0 Å². The molecule has 1 aromatic carbocycles. The van der Waals surface area contributed by atoms with E-state index >= 15 is 0 Å². The highest BCUT2D eigenvalue weighted by molar-refractivity contribution is 5.24. The van der Waals surface area contributed by atoms with Crippen LogP contribution in [0.3, 0.4) is 0 Å². The molecular formula is C12H13F5N2. The average Bonchev–Trinajstić information content (AvgIpc) is 2.70. The van der Waals surface area contributed by atoms with Gasteiger partial charge in [-0.1, -0.05) is 6.07 Å². The van der Waals surface area contributed by atoms with E-state index in [1.54, 1.807) is 0 Å². The third kappa shape index (κ3) is 2.71. The van der Waals surface area contributed by atoms with Crippen molar-refractivity contribution in [3.8, 4) is 0 Å². The summed E-state index contributed by atoms with van der Waals surface area (Å²) < 4.78 is 66.0. The van der Waals surface area contributed by atoms with Crippen molar-refractivity contribution in [2.45, 2.75) is 31.2 Å². The van der Waals surface area contributed by atoms with Crippen LogP contribution >= 0.6 is 0 Å². The first kappa shape index (κ1) is 14.2. The van der Waals surface area contributed by atoms with Gasteiger partial charge in [0.2, 0.25) is 5.92 Å². The fourth-order valence-electron chi connectivity index (χ4n) is 2.53. The summed E-state index contributed by atoms with van der Waals surface area (Å²) >= 11 is 0. The van der Waals surface area contributed by atoms with Gasteiger partial charge in [0.25, 0.3) is 0 Å². The lowest BCUT2D eigenvalue weighted by molar-refractivity contribution is 0.00319. The Bertz CT molecular complexity index is 477. The molecule has 0 aromatic heterocycles. The van der Waals surface area contributed by atoms with Crippen LogP contribution in [0.5, 0.6) is 0 Å². The van der Waals surface area contributed by atoms with Crippen LogP contribution in [0.4, 0.5) is 22.0 Å². The molecule has 0 spiro atoms. The van der Waals surface area contributed by atoms with E-state index in [0.29, 0.717) is 0 Å². The Labute approximate surface area is 106 Å². The van der Waals surface area contributed by atoms with E-state index in [1.807, 2.05) is 0 Å². The summed E-state index contributed by atoms with van der Waals surface area (Å²) in [7, 11) is 0. The molecule has 0 heterocycles. The summed E-state index contributed by atoms with van der Waals surface area (Å²) in [6.07, 6.45) is -0.637. The van der Waals surface area contributed by atoms with E-state index in [2.05, 4.69) is 5.43 Å². The first-order valence-corrected chi connectivity index (χ1v) is 5.83. The zero-order chi connectivity index (χ0) is 14.2. The number of hydrogen-bond acceptors (Lipinski definition) is 2. The molecule has 1 aliphatic carbocycles. The van der Waals surface area contributed by atoms with Crippen molar-refractivity contribution in [1.82, 2.24) is 5.43 Å². The molecule has 7 heteroatoms. The second-order valence-electron chi connectivity index (χ2n) is 4.77. The van der Waals surface area contributed by atoms with Crippen molar-refractivity contribution in [1.29, 1.82) is 0 Å². The molecule has 0 aliphatic heterocycles. The second-order valence-corrected chi connectivity index (χ2v) is 4.77. The number of halogens is 5. The quantitative estimate of drug-likeness (QED) is 0.386. The summed E-state index contributed by atoms with van der Waals surface area (Å²) in [4.78, 5) is 0. The van der Waals surface area contributed by atoms with Gasteiger partial charge < -0.3 is 0 Å². The lowest BCUT2D eigenvalue weighted by atomic mass is 9.91. The van der Waals surface area contributed by atoms with Crippen molar-refractivity contribution in [3.63, 3.8) is 0 Å². The van der Waals surface area contributed by atoms with Gasteiger partial charge in [0.15, 0.2) is 17.5 Å². The van der Waals surface area contributed by atoms with E-state index in [0.717, 1.165) is 12.1 Å². The lowest BCUT2D eigenvalue weighted by Crippen LogP contribution is -2.34. The lowest BCUT2D eigenvalue weighted by Gasteiger charge is -2.23. The van der Waals surface area contributed by atoms with Gasteiger partial charge in [-0.25, -0.2) is 22.0 Å². The molecular weight excluding hydrogens is 267 g/mol. The predicted molar refractivity (Wildman–Crippen MR) is 58.7 cm³/mol. The van der Waals surface area contributed by atoms with Gasteiger partial charge in [-0.2, -0.15) is 0 Å². The van der Waals surface area contributed by atoms with Crippen LogP contribution in [-0.4, -0.2) is 5.92 Å². The molecule has 1 aromatic rings. The summed E-state index contributed by atoms with van der Waals surface area (Å²) in [5.74, 6) is -2.54. The fourth-order valence-corrected chi connectivity index (χ4v) is 2.53. The van der Waals surface area contributed by atoms with Crippen LogP contribution in [0, 0.1) is 23.4 Å². The van der Waals surface area contributed by atoms with Crippen molar-refractivity contribution < 1.29 is 22.0 Å². The van der Waals surface area contributed by atoms with Crippen LogP contribution < -0.4 is 11.3 Å². The second kappa shape index (κ2) is 5.05. The summed E-state index contributed by atoms with van der Waals surface area (Å²) in [5, 5.41) is 0. The van der Waals surface area contributed by atoms with Crippen molar-refractivity contribution in [3.05, 3.63) is 35.1 Å². The van der Waals surface area contributed by atoms with E-state index in [4.69, 9.17) is 5.84 Å². The van der Waals surface area contributed by atoms with Crippen molar-refractivity contribution in [2.24, 2.45) is 11.8 Å². The Kier molecular flexibility index (Phi) is 3.78. The summed E-state index contributed by atoms with van der Waals surface area (Å²) in [5.41, 5.74) is 1.99. The Morgan fingerprint density at radius 1 is 1.21 bits per heavy atom. The molecule has 1 saturated carbocycles. The maximum Gasteiger partial charge on any atom is 0.248 e. The number of alkyl halides is 2. The third-order valence-corrected chi connectivity index (χ3v) is 3.49. The average molecular weight is 280 g/mol. The molecule has 2 rings (SSSR count). The molecule has 106 valence electrons. The predicted octanol–water partition coefficient (Wildman–Crippen LogP) is 3.04. The molecule has 1 aliphatic rings. The largest absolute Gasteiger partial charge is 0.271 e. The maximum absolute atomic E-state index is 13.6. The fraction of sp³-hybridized carbons (Fsp3) is 0.500. The molecule has 2 nitrogen and oxygen atoms in total. The molecule has 3 N–H and O–H groups in total. The zero-order valence-electron chi connectivity index (χ0n) is 9.90. The summed E-state index contributed by atoms with van der Waals surface area (Å²) in [6, 6.07) is 0.809. The van der Waals surface area contributed by atoms with E-state index in [9.17, 15) is 22.0 Å². The Balaban J connectivity index is 2.31. The van der Waals surface area contributed by atoms with Gasteiger partial charge in [0.05, 0.1) is 6.04 Å². The van der Waals surface area contributed by atoms with Gasteiger partial charge in [0.1, 0.15) is 0 Å². The molecule has 2 atom stereocenters. The smallest absolute Gasteiger partial charge is 0.248 e. The minimum absolute atomic E-state index is 0.139. The topological polar surface area (TPSA) is 38.0 Å². The van der Waals surface area contributed by atoms with Gasteiger partial charge in [-0.3, -0.25) is 11.3 Å². The molecule has 1 fully saturated rings.